The van der Waals surface area contributed by atoms with Crippen LogP contribution in [0.2, 0.25) is 0 Å². The molecule has 2 rings (SSSR count). The zero-order valence-corrected chi connectivity index (χ0v) is 9.61. The van der Waals surface area contributed by atoms with E-state index in [9.17, 15) is 0 Å². The van der Waals surface area contributed by atoms with Gasteiger partial charge in [0.2, 0.25) is 0 Å². The molecule has 2 N–H and O–H groups in total. The molecular weight excluding hydrogens is 188 g/mol. The van der Waals surface area contributed by atoms with Crippen LogP contribution in [0.4, 0.5) is 0 Å². The molecule has 15 heavy (non-hydrogen) atoms. The van der Waals surface area contributed by atoms with Gasteiger partial charge in [0, 0.05) is 19.4 Å². The van der Waals surface area contributed by atoms with E-state index in [-0.39, 0.29) is 0 Å². The lowest BCUT2D eigenvalue weighted by atomic mass is 10.0. The van der Waals surface area contributed by atoms with Gasteiger partial charge in [-0.2, -0.15) is 5.10 Å². The predicted octanol–water partition coefficient (Wildman–Crippen LogP) is 1.22. The first-order chi connectivity index (χ1) is 7.24. The number of hydrogen-bond acceptors (Lipinski definition) is 3. The first-order valence-electron chi connectivity index (χ1n) is 5.84. The maximum atomic E-state index is 5.70. The standard InChI is InChI=1S/C11H20N4/c1-3-8(7-12)6-10-13-11(9-4-5-9)14-15(10)2/h8-9H,3-7,12H2,1-2H3. The summed E-state index contributed by atoms with van der Waals surface area (Å²) in [6.07, 6.45) is 4.60. The lowest BCUT2D eigenvalue weighted by Gasteiger charge is -2.10. The fraction of sp³-hybridized carbons (Fsp3) is 0.818. The molecule has 1 heterocycles. The molecule has 4 nitrogen and oxygen atoms in total. The molecule has 1 saturated carbocycles. The van der Waals surface area contributed by atoms with Crippen molar-refractivity contribution in [1.82, 2.24) is 14.8 Å². The van der Waals surface area contributed by atoms with Gasteiger partial charge in [0.1, 0.15) is 5.82 Å². The number of aryl methyl sites for hydroxylation is 1. The molecule has 0 aliphatic heterocycles. The molecule has 1 aromatic heterocycles. The molecule has 1 aliphatic rings. The van der Waals surface area contributed by atoms with Crippen LogP contribution in [0.1, 0.15) is 43.8 Å². The van der Waals surface area contributed by atoms with Crippen LogP contribution in [0.3, 0.4) is 0 Å². The third-order valence-electron chi connectivity index (χ3n) is 3.19. The summed E-state index contributed by atoms with van der Waals surface area (Å²) in [6, 6.07) is 0. The van der Waals surface area contributed by atoms with Crippen LogP contribution >= 0.6 is 0 Å². The summed E-state index contributed by atoms with van der Waals surface area (Å²) in [7, 11) is 1.98. The van der Waals surface area contributed by atoms with Gasteiger partial charge in [0.15, 0.2) is 5.82 Å². The van der Waals surface area contributed by atoms with Crippen molar-refractivity contribution in [2.24, 2.45) is 18.7 Å². The highest BCUT2D eigenvalue weighted by Crippen LogP contribution is 2.38. The van der Waals surface area contributed by atoms with Crippen molar-refractivity contribution in [3.63, 3.8) is 0 Å². The van der Waals surface area contributed by atoms with Crippen molar-refractivity contribution < 1.29 is 0 Å². The highest BCUT2D eigenvalue weighted by Gasteiger charge is 2.28. The molecule has 0 radical (unpaired) electrons. The maximum absolute atomic E-state index is 5.70. The van der Waals surface area contributed by atoms with Gasteiger partial charge < -0.3 is 5.73 Å². The second-order valence-corrected chi connectivity index (χ2v) is 4.50. The fourth-order valence-corrected chi connectivity index (χ4v) is 1.78. The Hall–Kier alpha value is -0.900. The van der Waals surface area contributed by atoms with Gasteiger partial charge in [-0.05, 0) is 25.3 Å². The molecule has 0 bridgehead atoms. The number of rotatable bonds is 5. The Morgan fingerprint density at radius 3 is 2.80 bits per heavy atom. The van der Waals surface area contributed by atoms with Crippen LogP contribution in [-0.2, 0) is 13.5 Å². The predicted molar refractivity (Wildman–Crippen MR) is 59.5 cm³/mol. The second-order valence-electron chi connectivity index (χ2n) is 4.50. The molecule has 0 aromatic carbocycles. The molecule has 0 amide bonds. The molecule has 4 heteroatoms. The van der Waals surface area contributed by atoms with E-state index in [1.165, 1.54) is 12.8 Å². The second kappa shape index (κ2) is 4.31. The lowest BCUT2D eigenvalue weighted by Crippen LogP contribution is -2.18. The summed E-state index contributed by atoms with van der Waals surface area (Å²) in [5.74, 6) is 3.32. The molecule has 1 fully saturated rings. The minimum atomic E-state index is 0.542. The van der Waals surface area contributed by atoms with E-state index in [2.05, 4.69) is 17.0 Å². The summed E-state index contributed by atoms with van der Waals surface area (Å²) in [4.78, 5) is 4.60. The van der Waals surface area contributed by atoms with Crippen molar-refractivity contribution in [3.8, 4) is 0 Å². The van der Waals surface area contributed by atoms with E-state index < -0.39 is 0 Å². The minimum Gasteiger partial charge on any atom is -0.330 e. The molecule has 1 unspecified atom stereocenters. The van der Waals surface area contributed by atoms with Crippen LogP contribution in [0.15, 0.2) is 0 Å². The van der Waals surface area contributed by atoms with Crippen LogP contribution < -0.4 is 5.73 Å². The smallest absolute Gasteiger partial charge is 0.154 e. The average molecular weight is 208 g/mol. The van der Waals surface area contributed by atoms with Crippen LogP contribution in [-0.4, -0.2) is 21.3 Å². The molecule has 84 valence electrons. The number of nitrogens with two attached hydrogens (primary N) is 1. The summed E-state index contributed by atoms with van der Waals surface area (Å²) in [5, 5.41) is 4.46. The average Bonchev–Trinajstić information content (AvgIpc) is 3.01. The van der Waals surface area contributed by atoms with E-state index in [0.717, 1.165) is 31.0 Å². The molecular formula is C11H20N4. The molecule has 1 aliphatic carbocycles. The summed E-state index contributed by atoms with van der Waals surface area (Å²) in [5.41, 5.74) is 5.70. The SMILES string of the molecule is CCC(CN)Cc1nc(C2CC2)nn1C. The fourth-order valence-electron chi connectivity index (χ4n) is 1.78. The Morgan fingerprint density at radius 2 is 2.27 bits per heavy atom. The Bertz CT molecular complexity index is 323. The molecule has 1 atom stereocenters. The van der Waals surface area contributed by atoms with E-state index >= 15 is 0 Å². The van der Waals surface area contributed by atoms with Gasteiger partial charge in [0.05, 0.1) is 0 Å². The van der Waals surface area contributed by atoms with Crippen molar-refractivity contribution in [2.75, 3.05) is 6.54 Å². The Labute approximate surface area is 90.9 Å². The normalized spacial score (nSPS) is 18.1. The van der Waals surface area contributed by atoms with Crippen LogP contribution in [0.5, 0.6) is 0 Å². The van der Waals surface area contributed by atoms with E-state index in [0.29, 0.717) is 11.8 Å². The third-order valence-corrected chi connectivity index (χ3v) is 3.19. The highest BCUT2D eigenvalue weighted by atomic mass is 15.3. The summed E-state index contributed by atoms with van der Waals surface area (Å²) in [6.45, 7) is 2.91. The van der Waals surface area contributed by atoms with Crippen molar-refractivity contribution in [3.05, 3.63) is 11.6 Å². The molecule has 0 saturated heterocycles. The van der Waals surface area contributed by atoms with Crippen molar-refractivity contribution in [2.45, 2.75) is 38.5 Å². The Balaban J connectivity index is 2.06. The van der Waals surface area contributed by atoms with Crippen LogP contribution in [0, 0.1) is 5.92 Å². The van der Waals surface area contributed by atoms with E-state index in [1.807, 2.05) is 11.7 Å². The van der Waals surface area contributed by atoms with Crippen LogP contribution in [0.25, 0.3) is 0 Å². The van der Waals surface area contributed by atoms with Crippen molar-refractivity contribution in [1.29, 1.82) is 0 Å². The zero-order valence-electron chi connectivity index (χ0n) is 9.61. The lowest BCUT2D eigenvalue weighted by molar-refractivity contribution is 0.492. The van der Waals surface area contributed by atoms with Gasteiger partial charge in [0.25, 0.3) is 0 Å². The number of nitrogens with zero attached hydrogens (tertiary/aromatic N) is 3. The summed E-state index contributed by atoms with van der Waals surface area (Å²) < 4.78 is 1.92. The summed E-state index contributed by atoms with van der Waals surface area (Å²) >= 11 is 0. The van der Waals surface area contributed by atoms with Gasteiger partial charge in [-0.15, -0.1) is 0 Å². The highest BCUT2D eigenvalue weighted by molar-refractivity contribution is 5.06. The Morgan fingerprint density at radius 1 is 1.53 bits per heavy atom. The number of aromatic nitrogens is 3. The maximum Gasteiger partial charge on any atom is 0.154 e. The first-order valence-corrected chi connectivity index (χ1v) is 5.84. The van der Waals surface area contributed by atoms with Gasteiger partial charge in [-0.3, -0.25) is 4.68 Å². The van der Waals surface area contributed by atoms with E-state index in [1.54, 1.807) is 0 Å². The third kappa shape index (κ3) is 2.37. The largest absolute Gasteiger partial charge is 0.330 e. The number of hydrogen-bond donors (Lipinski definition) is 1. The van der Waals surface area contributed by atoms with Gasteiger partial charge in [-0.1, -0.05) is 13.3 Å². The zero-order chi connectivity index (χ0) is 10.8. The van der Waals surface area contributed by atoms with E-state index in [4.69, 9.17) is 5.73 Å². The minimum absolute atomic E-state index is 0.542. The Kier molecular flexibility index (Phi) is 3.05. The topological polar surface area (TPSA) is 56.7 Å². The van der Waals surface area contributed by atoms with Gasteiger partial charge >= 0.3 is 0 Å². The molecule has 1 aromatic rings. The first kappa shape index (κ1) is 10.6. The van der Waals surface area contributed by atoms with Crippen molar-refractivity contribution >= 4 is 0 Å². The van der Waals surface area contributed by atoms with Gasteiger partial charge in [-0.25, -0.2) is 4.98 Å². The molecule has 0 spiro atoms. The quantitative estimate of drug-likeness (QED) is 0.791. The monoisotopic (exact) mass is 208 g/mol.